The fraction of sp³-hybridized carbons (Fsp3) is 0.348. The van der Waals surface area contributed by atoms with Crippen molar-refractivity contribution in [1.29, 1.82) is 0 Å². The predicted molar refractivity (Wildman–Crippen MR) is 122 cm³/mol. The normalized spacial score (nSPS) is 15.7. The molecule has 33 heavy (non-hydrogen) atoms. The Kier molecular flexibility index (Phi) is 8.18. The van der Waals surface area contributed by atoms with Gasteiger partial charge in [0.1, 0.15) is 0 Å². The number of carbonyl (C=O) groups excluding carboxylic acids is 3. The minimum absolute atomic E-state index is 0.000663. The van der Waals surface area contributed by atoms with Gasteiger partial charge in [0.05, 0.1) is 10.5 Å². The summed E-state index contributed by atoms with van der Waals surface area (Å²) in [7, 11) is -3.74. The van der Waals surface area contributed by atoms with Crippen molar-refractivity contribution in [3.63, 3.8) is 0 Å². The van der Waals surface area contributed by atoms with E-state index in [2.05, 4.69) is 10.6 Å². The summed E-state index contributed by atoms with van der Waals surface area (Å²) in [4.78, 5) is 36.7. The summed E-state index contributed by atoms with van der Waals surface area (Å²) in [5, 5.41) is 4.59. The summed E-state index contributed by atoms with van der Waals surface area (Å²) in [6, 6.07) is 13.3. The van der Waals surface area contributed by atoms with E-state index in [0.29, 0.717) is 18.8 Å². The summed E-state index contributed by atoms with van der Waals surface area (Å²) in [6.07, 6.45) is 2.30. The maximum absolute atomic E-state index is 13.0. The van der Waals surface area contributed by atoms with Crippen molar-refractivity contribution in [2.75, 3.05) is 18.4 Å². The van der Waals surface area contributed by atoms with E-state index in [1.165, 1.54) is 35.5 Å². The van der Waals surface area contributed by atoms with Crippen molar-refractivity contribution >= 4 is 33.6 Å². The largest absolute Gasteiger partial charge is 0.449 e. The Bertz CT molecular complexity index is 1100. The number of urea groups is 1. The minimum Gasteiger partial charge on any atom is -0.449 e. The number of hydrogen-bond acceptors (Lipinski definition) is 6. The Morgan fingerprint density at radius 2 is 1.61 bits per heavy atom. The van der Waals surface area contributed by atoms with Crippen LogP contribution in [-0.4, -0.2) is 49.8 Å². The number of hydrogen-bond donors (Lipinski definition) is 2. The van der Waals surface area contributed by atoms with Crippen LogP contribution in [0.15, 0.2) is 59.5 Å². The van der Waals surface area contributed by atoms with Crippen LogP contribution in [0.25, 0.3) is 0 Å². The number of benzene rings is 2. The first kappa shape index (κ1) is 24.4. The molecule has 9 nitrogen and oxygen atoms in total. The van der Waals surface area contributed by atoms with Crippen molar-refractivity contribution < 1.29 is 27.5 Å². The van der Waals surface area contributed by atoms with Crippen LogP contribution in [0.2, 0.25) is 0 Å². The summed E-state index contributed by atoms with van der Waals surface area (Å²) in [5.74, 6) is -1.68. The number of nitrogens with one attached hydrogen (secondary N) is 2. The van der Waals surface area contributed by atoms with Gasteiger partial charge in [0.25, 0.3) is 5.91 Å². The van der Waals surface area contributed by atoms with Crippen molar-refractivity contribution in [3.05, 3.63) is 60.2 Å². The number of para-hydroxylation sites is 1. The Labute approximate surface area is 193 Å². The van der Waals surface area contributed by atoms with Crippen LogP contribution in [0, 0.1) is 0 Å². The summed E-state index contributed by atoms with van der Waals surface area (Å²) in [6.45, 7) is 2.21. The molecule has 3 amide bonds. The molecule has 2 aromatic rings. The molecule has 2 N–H and O–H groups in total. The molecule has 0 radical (unpaired) electrons. The first-order valence-corrected chi connectivity index (χ1v) is 12.2. The number of anilines is 1. The summed E-state index contributed by atoms with van der Waals surface area (Å²) in [5.41, 5.74) is 0.495. The van der Waals surface area contributed by atoms with Gasteiger partial charge in [0.2, 0.25) is 10.0 Å². The molecule has 0 spiro atoms. The number of rotatable bonds is 6. The number of carbonyl (C=O) groups is 3. The number of esters is 1. The highest BCUT2D eigenvalue weighted by molar-refractivity contribution is 7.89. The van der Waals surface area contributed by atoms with Gasteiger partial charge in [-0.05, 0) is 50.1 Å². The van der Waals surface area contributed by atoms with Gasteiger partial charge in [-0.2, -0.15) is 4.31 Å². The lowest BCUT2D eigenvalue weighted by Gasteiger charge is -2.20. The molecule has 0 bridgehead atoms. The fourth-order valence-electron chi connectivity index (χ4n) is 3.39. The third-order valence-electron chi connectivity index (χ3n) is 5.19. The van der Waals surface area contributed by atoms with E-state index in [-0.39, 0.29) is 10.5 Å². The van der Waals surface area contributed by atoms with Gasteiger partial charge in [0.15, 0.2) is 6.10 Å². The average molecular weight is 474 g/mol. The monoisotopic (exact) mass is 473 g/mol. The predicted octanol–water partition coefficient (Wildman–Crippen LogP) is 3.14. The van der Waals surface area contributed by atoms with E-state index in [9.17, 15) is 22.8 Å². The van der Waals surface area contributed by atoms with Crippen LogP contribution < -0.4 is 10.6 Å². The van der Waals surface area contributed by atoms with E-state index in [4.69, 9.17) is 4.74 Å². The van der Waals surface area contributed by atoms with Gasteiger partial charge in [-0.1, -0.05) is 37.1 Å². The molecule has 1 heterocycles. The fourth-order valence-corrected chi connectivity index (χ4v) is 4.96. The molecule has 1 fully saturated rings. The van der Waals surface area contributed by atoms with Crippen LogP contribution >= 0.6 is 0 Å². The van der Waals surface area contributed by atoms with E-state index in [1.807, 2.05) is 0 Å². The van der Waals surface area contributed by atoms with Gasteiger partial charge in [0, 0.05) is 18.8 Å². The zero-order valence-electron chi connectivity index (χ0n) is 18.3. The Morgan fingerprint density at radius 3 is 2.27 bits per heavy atom. The molecular weight excluding hydrogens is 446 g/mol. The SMILES string of the molecule is CC(OC(=O)c1cccc(S(=O)(=O)N2CCCCCC2)c1)C(=O)NC(=O)Nc1ccccc1. The van der Waals surface area contributed by atoms with Gasteiger partial charge in [-0.3, -0.25) is 10.1 Å². The number of nitrogens with zero attached hydrogens (tertiary/aromatic N) is 1. The lowest BCUT2D eigenvalue weighted by atomic mass is 10.2. The van der Waals surface area contributed by atoms with Gasteiger partial charge >= 0.3 is 12.0 Å². The molecule has 2 aromatic carbocycles. The van der Waals surface area contributed by atoms with E-state index in [0.717, 1.165) is 25.7 Å². The molecule has 0 saturated carbocycles. The molecule has 0 aromatic heterocycles. The standard InChI is InChI=1S/C23H27N3O6S/c1-17(21(27)25-23(29)24-19-11-5-4-6-12-19)32-22(28)18-10-9-13-20(16-18)33(30,31)26-14-7-2-3-8-15-26/h4-6,9-13,16-17H,2-3,7-8,14-15H2,1H3,(H2,24,25,27,29). The zero-order chi connectivity index (χ0) is 23.8. The third kappa shape index (κ3) is 6.62. The second-order valence-electron chi connectivity index (χ2n) is 7.70. The second-order valence-corrected chi connectivity index (χ2v) is 9.64. The molecule has 1 saturated heterocycles. The molecule has 1 atom stereocenters. The lowest BCUT2D eigenvalue weighted by molar-refractivity contribution is -0.127. The molecule has 1 aliphatic rings. The van der Waals surface area contributed by atoms with E-state index in [1.54, 1.807) is 30.3 Å². The lowest BCUT2D eigenvalue weighted by Crippen LogP contribution is -2.41. The quantitative estimate of drug-likeness (QED) is 0.622. The van der Waals surface area contributed by atoms with Gasteiger partial charge in [-0.15, -0.1) is 0 Å². The highest BCUT2D eigenvalue weighted by Gasteiger charge is 2.27. The van der Waals surface area contributed by atoms with E-state index >= 15 is 0 Å². The number of sulfonamides is 1. The van der Waals surface area contributed by atoms with Crippen LogP contribution in [0.5, 0.6) is 0 Å². The van der Waals surface area contributed by atoms with E-state index < -0.39 is 34.0 Å². The first-order valence-electron chi connectivity index (χ1n) is 10.8. The van der Waals surface area contributed by atoms with Crippen LogP contribution in [-0.2, 0) is 19.6 Å². The maximum atomic E-state index is 13.0. The first-order chi connectivity index (χ1) is 15.8. The van der Waals surface area contributed by atoms with Gasteiger partial charge < -0.3 is 10.1 Å². The molecule has 0 aliphatic carbocycles. The summed E-state index contributed by atoms with van der Waals surface area (Å²) < 4.78 is 32.5. The third-order valence-corrected chi connectivity index (χ3v) is 7.09. The smallest absolute Gasteiger partial charge is 0.338 e. The van der Waals surface area contributed by atoms with Gasteiger partial charge in [-0.25, -0.2) is 18.0 Å². The highest BCUT2D eigenvalue weighted by atomic mass is 32.2. The highest BCUT2D eigenvalue weighted by Crippen LogP contribution is 2.21. The molecule has 1 unspecified atom stereocenters. The van der Waals surface area contributed by atoms with Crippen LogP contribution in [0.1, 0.15) is 43.0 Å². The van der Waals surface area contributed by atoms with Crippen molar-refractivity contribution in [2.45, 2.75) is 43.6 Å². The molecule has 10 heteroatoms. The molecule has 176 valence electrons. The number of amides is 3. The minimum atomic E-state index is -3.74. The maximum Gasteiger partial charge on any atom is 0.338 e. The Morgan fingerprint density at radius 1 is 0.939 bits per heavy atom. The number of imide groups is 1. The second kappa shape index (κ2) is 11.1. The number of ether oxygens (including phenoxy) is 1. The molecular formula is C23H27N3O6S. The molecule has 3 rings (SSSR count). The summed E-state index contributed by atoms with van der Waals surface area (Å²) >= 11 is 0. The van der Waals surface area contributed by atoms with Crippen molar-refractivity contribution in [3.8, 4) is 0 Å². The molecule has 1 aliphatic heterocycles. The van der Waals surface area contributed by atoms with Crippen LogP contribution in [0.3, 0.4) is 0 Å². The average Bonchev–Trinajstić information content (AvgIpc) is 3.10. The topological polar surface area (TPSA) is 122 Å². The van der Waals surface area contributed by atoms with Crippen molar-refractivity contribution in [2.24, 2.45) is 0 Å². The van der Waals surface area contributed by atoms with Crippen LogP contribution in [0.4, 0.5) is 10.5 Å². The van der Waals surface area contributed by atoms with Crippen molar-refractivity contribution in [1.82, 2.24) is 9.62 Å². The Balaban J connectivity index is 1.61. The Hall–Kier alpha value is -3.24. The zero-order valence-corrected chi connectivity index (χ0v) is 19.1.